The molecule has 5 heterocycles. The number of pyridine rings is 1. The van der Waals surface area contributed by atoms with Gasteiger partial charge in [-0.1, -0.05) is 6.07 Å². The smallest absolute Gasteiger partial charge is 0.263 e. The Morgan fingerprint density at radius 1 is 1.27 bits per heavy atom. The maximum atomic E-state index is 12.7. The average molecular weight is 364 g/mol. The quantitative estimate of drug-likeness (QED) is 0.554. The Labute approximate surface area is 153 Å². The number of likely N-dealkylation sites (tertiary alicyclic amines) is 1. The first-order chi connectivity index (χ1) is 12.8. The molecule has 1 fully saturated rings. The number of nitrogens with zero attached hydrogens (tertiary/aromatic N) is 4. The average Bonchev–Trinajstić information content (AvgIpc) is 3.47. The van der Waals surface area contributed by atoms with Gasteiger partial charge in [0.2, 0.25) is 0 Å². The summed E-state index contributed by atoms with van der Waals surface area (Å²) in [4.78, 5) is 24.7. The minimum atomic E-state index is 0.102. The zero-order valence-corrected chi connectivity index (χ0v) is 14.7. The van der Waals surface area contributed by atoms with Gasteiger partial charge in [0.15, 0.2) is 5.65 Å². The highest BCUT2D eigenvalue weighted by Gasteiger charge is 2.31. The number of imidazole rings is 1. The molecule has 0 aliphatic carbocycles. The van der Waals surface area contributed by atoms with Crippen molar-refractivity contribution in [1.82, 2.24) is 19.4 Å². The van der Waals surface area contributed by atoms with Crippen molar-refractivity contribution < 1.29 is 9.21 Å². The van der Waals surface area contributed by atoms with E-state index in [-0.39, 0.29) is 11.9 Å². The van der Waals surface area contributed by atoms with Gasteiger partial charge in [0.1, 0.15) is 17.6 Å². The summed E-state index contributed by atoms with van der Waals surface area (Å²) in [7, 11) is 0. The molecule has 0 N–H and O–H groups in total. The van der Waals surface area contributed by atoms with Crippen LogP contribution in [0.3, 0.4) is 0 Å². The van der Waals surface area contributed by atoms with E-state index in [0.717, 1.165) is 40.4 Å². The molecule has 0 spiro atoms. The lowest BCUT2D eigenvalue weighted by atomic mass is 10.2. The van der Waals surface area contributed by atoms with Crippen molar-refractivity contribution in [2.45, 2.75) is 12.5 Å². The van der Waals surface area contributed by atoms with Crippen molar-refractivity contribution in [3.05, 3.63) is 59.3 Å². The number of fused-ring (bicyclic) bond motifs is 1. The number of furan rings is 1. The van der Waals surface area contributed by atoms with Gasteiger partial charge in [-0.2, -0.15) is 0 Å². The third-order valence-corrected chi connectivity index (χ3v) is 5.63. The highest BCUT2D eigenvalue weighted by molar-refractivity contribution is 7.12. The second kappa shape index (κ2) is 6.10. The number of carbonyl (C=O) groups excluding carboxylic acids is 1. The third kappa shape index (κ3) is 2.43. The molecule has 1 unspecified atom stereocenters. The first-order valence-corrected chi connectivity index (χ1v) is 9.37. The maximum Gasteiger partial charge on any atom is 0.263 e. The molecule has 4 aromatic heterocycles. The molecule has 0 bridgehead atoms. The van der Waals surface area contributed by atoms with Gasteiger partial charge >= 0.3 is 0 Å². The second-order valence-corrected chi connectivity index (χ2v) is 7.28. The van der Waals surface area contributed by atoms with E-state index in [2.05, 4.69) is 9.55 Å². The van der Waals surface area contributed by atoms with Gasteiger partial charge in [0.05, 0.1) is 22.7 Å². The maximum absolute atomic E-state index is 12.7. The van der Waals surface area contributed by atoms with E-state index in [9.17, 15) is 4.79 Å². The van der Waals surface area contributed by atoms with Crippen LogP contribution in [0.4, 0.5) is 0 Å². The van der Waals surface area contributed by atoms with Crippen molar-refractivity contribution in [3.63, 3.8) is 0 Å². The van der Waals surface area contributed by atoms with Crippen LogP contribution in [0.1, 0.15) is 22.1 Å². The van der Waals surface area contributed by atoms with Crippen molar-refractivity contribution in [3.8, 4) is 11.4 Å². The summed E-state index contributed by atoms with van der Waals surface area (Å²) in [6, 6.07) is 9.69. The predicted octanol–water partition coefficient (Wildman–Crippen LogP) is 3.84. The molecule has 0 saturated carbocycles. The number of thiophene rings is 1. The zero-order chi connectivity index (χ0) is 17.5. The molecule has 26 heavy (non-hydrogen) atoms. The molecule has 1 atom stereocenters. The summed E-state index contributed by atoms with van der Waals surface area (Å²) < 4.78 is 7.41. The van der Waals surface area contributed by atoms with E-state index >= 15 is 0 Å². The van der Waals surface area contributed by atoms with Crippen LogP contribution in [-0.2, 0) is 0 Å². The number of rotatable bonds is 3. The number of carbonyl (C=O) groups is 1. The fourth-order valence-electron chi connectivity index (χ4n) is 3.56. The van der Waals surface area contributed by atoms with Crippen LogP contribution in [-0.4, -0.2) is 38.4 Å². The Morgan fingerprint density at radius 3 is 3.04 bits per heavy atom. The van der Waals surface area contributed by atoms with Crippen LogP contribution in [0.2, 0.25) is 0 Å². The topological polar surface area (TPSA) is 64.2 Å². The summed E-state index contributed by atoms with van der Waals surface area (Å²) in [5.74, 6) is 0.938. The standard InChI is InChI=1S/C19H16N4O2S/c24-19(16-4-2-10-26-16)22-8-5-14(11-22)23-17(13-6-9-25-12-13)21-15-3-1-7-20-18(15)23/h1-4,6-7,9-10,12,14H,5,8,11H2. The van der Waals surface area contributed by atoms with Crippen LogP contribution in [0.25, 0.3) is 22.6 Å². The molecule has 1 aliphatic rings. The number of amides is 1. The monoisotopic (exact) mass is 364 g/mol. The van der Waals surface area contributed by atoms with E-state index < -0.39 is 0 Å². The van der Waals surface area contributed by atoms with E-state index in [1.165, 1.54) is 11.3 Å². The SMILES string of the molecule is O=C(c1cccs1)N1CCC(n2c(-c3ccoc3)nc3cccnc32)C1. The fraction of sp³-hybridized carbons (Fsp3) is 0.211. The summed E-state index contributed by atoms with van der Waals surface area (Å²) >= 11 is 1.49. The number of hydrogen-bond acceptors (Lipinski definition) is 5. The fourth-order valence-corrected chi connectivity index (χ4v) is 4.25. The predicted molar refractivity (Wildman–Crippen MR) is 99.1 cm³/mol. The van der Waals surface area contributed by atoms with Gasteiger partial charge in [-0.3, -0.25) is 4.79 Å². The van der Waals surface area contributed by atoms with Gasteiger partial charge in [-0.05, 0) is 36.1 Å². The lowest BCUT2D eigenvalue weighted by molar-refractivity contribution is 0.0792. The normalized spacial score (nSPS) is 17.2. The Morgan fingerprint density at radius 2 is 2.23 bits per heavy atom. The Hall–Kier alpha value is -2.93. The number of aromatic nitrogens is 3. The molecule has 0 aromatic carbocycles. The first-order valence-electron chi connectivity index (χ1n) is 8.49. The molecule has 1 saturated heterocycles. The van der Waals surface area contributed by atoms with Crippen molar-refractivity contribution >= 4 is 28.4 Å². The summed E-state index contributed by atoms with van der Waals surface area (Å²) in [6.45, 7) is 1.39. The minimum Gasteiger partial charge on any atom is -0.472 e. The molecular weight excluding hydrogens is 348 g/mol. The third-order valence-electron chi connectivity index (χ3n) is 4.78. The Kier molecular flexibility index (Phi) is 3.60. The van der Waals surface area contributed by atoms with Crippen LogP contribution in [0.15, 0.2) is 58.9 Å². The molecule has 0 radical (unpaired) electrons. The van der Waals surface area contributed by atoms with Crippen molar-refractivity contribution in [2.75, 3.05) is 13.1 Å². The van der Waals surface area contributed by atoms with Gasteiger partial charge in [0.25, 0.3) is 5.91 Å². The van der Waals surface area contributed by atoms with Crippen LogP contribution >= 0.6 is 11.3 Å². The van der Waals surface area contributed by atoms with E-state index in [0.29, 0.717) is 6.54 Å². The molecule has 7 heteroatoms. The molecule has 4 aromatic rings. The second-order valence-electron chi connectivity index (χ2n) is 6.33. The van der Waals surface area contributed by atoms with Crippen molar-refractivity contribution in [2.24, 2.45) is 0 Å². The molecular formula is C19H16N4O2S. The summed E-state index contributed by atoms with van der Waals surface area (Å²) in [5, 5.41) is 1.94. The molecule has 130 valence electrons. The molecule has 1 amide bonds. The lowest BCUT2D eigenvalue weighted by Crippen LogP contribution is -2.28. The van der Waals surface area contributed by atoms with Crippen LogP contribution in [0.5, 0.6) is 0 Å². The lowest BCUT2D eigenvalue weighted by Gasteiger charge is -2.18. The minimum absolute atomic E-state index is 0.102. The zero-order valence-electron chi connectivity index (χ0n) is 13.9. The van der Waals surface area contributed by atoms with Crippen LogP contribution < -0.4 is 0 Å². The highest BCUT2D eigenvalue weighted by Crippen LogP contribution is 2.32. The Bertz CT molecular complexity index is 1050. The largest absolute Gasteiger partial charge is 0.472 e. The first kappa shape index (κ1) is 15.3. The van der Waals surface area contributed by atoms with Gasteiger partial charge in [-0.15, -0.1) is 11.3 Å². The van der Waals surface area contributed by atoms with Crippen LogP contribution in [0, 0.1) is 0 Å². The van der Waals surface area contributed by atoms with Gasteiger partial charge < -0.3 is 13.9 Å². The number of hydrogen-bond donors (Lipinski definition) is 0. The molecule has 5 rings (SSSR count). The summed E-state index contributed by atoms with van der Waals surface area (Å²) in [6.07, 6.45) is 6.00. The summed E-state index contributed by atoms with van der Waals surface area (Å²) in [5.41, 5.74) is 2.62. The van der Waals surface area contributed by atoms with E-state index in [4.69, 9.17) is 9.40 Å². The van der Waals surface area contributed by atoms with E-state index in [1.54, 1.807) is 18.7 Å². The van der Waals surface area contributed by atoms with Gasteiger partial charge in [0, 0.05) is 19.3 Å². The van der Waals surface area contributed by atoms with Crippen molar-refractivity contribution in [1.29, 1.82) is 0 Å². The highest BCUT2D eigenvalue weighted by atomic mass is 32.1. The molecule has 1 aliphatic heterocycles. The van der Waals surface area contributed by atoms with Gasteiger partial charge in [-0.25, -0.2) is 9.97 Å². The Balaban J connectivity index is 1.53. The molecule has 6 nitrogen and oxygen atoms in total. The van der Waals surface area contributed by atoms with E-state index in [1.807, 2.05) is 40.6 Å².